The molecule has 2 rings (SSSR count). The van der Waals surface area contributed by atoms with E-state index in [1.165, 1.54) is 0 Å². The fraction of sp³-hybridized carbons (Fsp3) is 0.333. The predicted molar refractivity (Wildman–Crippen MR) is 60.4 cm³/mol. The minimum absolute atomic E-state index is 0.526. The maximum absolute atomic E-state index is 5.52. The summed E-state index contributed by atoms with van der Waals surface area (Å²) in [7, 11) is 0. The molecule has 0 fully saturated rings. The highest BCUT2D eigenvalue weighted by atomic mass is 16.5. The molecule has 0 amide bonds. The molecule has 4 nitrogen and oxygen atoms in total. The zero-order valence-corrected chi connectivity index (χ0v) is 9.65. The van der Waals surface area contributed by atoms with E-state index in [-0.39, 0.29) is 0 Å². The second-order valence-electron chi connectivity index (χ2n) is 3.54. The van der Waals surface area contributed by atoms with Gasteiger partial charge in [-0.15, -0.1) is 10.2 Å². The third kappa shape index (κ3) is 2.05. The average Bonchev–Trinajstić information content (AvgIpc) is 2.69. The molecular formula is C12H14N2O2. The second-order valence-corrected chi connectivity index (χ2v) is 3.54. The molecule has 0 N–H and O–H groups in total. The summed E-state index contributed by atoms with van der Waals surface area (Å²) < 4.78 is 10.9. The zero-order chi connectivity index (χ0) is 11.5. The number of nitrogens with zero attached hydrogens (tertiary/aromatic N) is 2. The van der Waals surface area contributed by atoms with Gasteiger partial charge in [0, 0.05) is 12.5 Å². The van der Waals surface area contributed by atoms with Crippen LogP contribution in [0.4, 0.5) is 0 Å². The van der Waals surface area contributed by atoms with E-state index in [0.717, 1.165) is 16.9 Å². The third-order valence-electron chi connectivity index (χ3n) is 2.26. The van der Waals surface area contributed by atoms with Crippen molar-refractivity contribution in [3.63, 3.8) is 0 Å². The zero-order valence-electron chi connectivity index (χ0n) is 9.65. The van der Waals surface area contributed by atoms with E-state index in [1.54, 1.807) is 6.92 Å². The molecule has 0 aliphatic heterocycles. The molecule has 2 aromatic rings. The lowest BCUT2D eigenvalue weighted by atomic mass is 10.1. The van der Waals surface area contributed by atoms with Crippen molar-refractivity contribution >= 4 is 0 Å². The minimum atomic E-state index is 0.526. The topological polar surface area (TPSA) is 48.2 Å². The number of hydrogen-bond donors (Lipinski definition) is 0. The van der Waals surface area contributed by atoms with Crippen LogP contribution in [0.1, 0.15) is 18.4 Å². The highest BCUT2D eigenvalue weighted by molar-refractivity contribution is 5.57. The predicted octanol–water partition coefficient (Wildman–Crippen LogP) is 2.75. The van der Waals surface area contributed by atoms with Crippen LogP contribution in [0.5, 0.6) is 5.75 Å². The maximum Gasteiger partial charge on any atom is 0.247 e. The van der Waals surface area contributed by atoms with Crippen LogP contribution in [0.3, 0.4) is 0 Å². The number of aryl methyl sites for hydroxylation is 2. The largest absolute Gasteiger partial charge is 0.494 e. The van der Waals surface area contributed by atoms with Gasteiger partial charge in [-0.05, 0) is 31.5 Å². The van der Waals surface area contributed by atoms with Crippen molar-refractivity contribution in [3.8, 4) is 17.2 Å². The third-order valence-corrected chi connectivity index (χ3v) is 2.26. The van der Waals surface area contributed by atoms with Crippen LogP contribution in [-0.4, -0.2) is 16.8 Å². The molecule has 0 saturated carbocycles. The molecule has 1 heterocycles. The van der Waals surface area contributed by atoms with E-state index in [0.29, 0.717) is 18.4 Å². The lowest BCUT2D eigenvalue weighted by Gasteiger charge is -2.07. The first-order valence-electron chi connectivity index (χ1n) is 5.24. The molecule has 0 saturated heterocycles. The summed E-state index contributed by atoms with van der Waals surface area (Å²) in [5.74, 6) is 1.95. The molecule has 0 unspecified atom stereocenters. The molecule has 84 valence electrons. The highest BCUT2D eigenvalue weighted by Crippen LogP contribution is 2.26. The summed E-state index contributed by atoms with van der Waals surface area (Å²) in [5, 5.41) is 7.78. The molecule has 0 bridgehead atoms. The number of aromatic nitrogens is 2. The van der Waals surface area contributed by atoms with Gasteiger partial charge in [0.1, 0.15) is 5.75 Å². The van der Waals surface area contributed by atoms with Crippen LogP contribution in [0.25, 0.3) is 11.5 Å². The van der Waals surface area contributed by atoms with Gasteiger partial charge in [0.05, 0.1) is 6.61 Å². The Morgan fingerprint density at radius 3 is 2.69 bits per heavy atom. The summed E-state index contributed by atoms with van der Waals surface area (Å²) in [6.07, 6.45) is 0. The van der Waals surface area contributed by atoms with Crippen molar-refractivity contribution in [1.29, 1.82) is 0 Å². The molecule has 0 aliphatic rings. The van der Waals surface area contributed by atoms with Gasteiger partial charge >= 0.3 is 0 Å². The minimum Gasteiger partial charge on any atom is -0.494 e. The Hall–Kier alpha value is -1.84. The van der Waals surface area contributed by atoms with Crippen LogP contribution in [0, 0.1) is 13.8 Å². The Kier molecular flexibility index (Phi) is 2.90. The molecule has 16 heavy (non-hydrogen) atoms. The fourth-order valence-corrected chi connectivity index (χ4v) is 1.46. The van der Waals surface area contributed by atoms with Gasteiger partial charge in [-0.2, -0.15) is 0 Å². The normalized spacial score (nSPS) is 10.4. The monoisotopic (exact) mass is 218 g/mol. The number of rotatable bonds is 3. The van der Waals surface area contributed by atoms with Crippen molar-refractivity contribution < 1.29 is 9.15 Å². The van der Waals surface area contributed by atoms with Crippen molar-refractivity contribution in [2.75, 3.05) is 6.61 Å². The van der Waals surface area contributed by atoms with Crippen molar-refractivity contribution in [1.82, 2.24) is 10.2 Å². The van der Waals surface area contributed by atoms with Gasteiger partial charge in [-0.25, -0.2) is 0 Å². The smallest absolute Gasteiger partial charge is 0.247 e. The maximum atomic E-state index is 5.52. The van der Waals surface area contributed by atoms with Gasteiger partial charge in [-0.3, -0.25) is 0 Å². The highest BCUT2D eigenvalue weighted by Gasteiger charge is 2.08. The van der Waals surface area contributed by atoms with E-state index >= 15 is 0 Å². The number of benzene rings is 1. The van der Waals surface area contributed by atoms with Crippen LogP contribution in [0.15, 0.2) is 22.6 Å². The molecule has 0 spiro atoms. The first-order valence-corrected chi connectivity index (χ1v) is 5.24. The van der Waals surface area contributed by atoms with Crippen LogP contribution in [0.2, 0.25) is 0 Å². The fourth-order valence-electron chi connectivity index (χ4n) is 1.46. The molecule has 1 aromatic carbocycles. The Balaban J connectivity index is 2.39. The Morgan fingerprint density at radius 1 is 1.25 bits per heavy atom. The van der Waals surface area contributed by atoms with E-state index in [9.17, 15) is 0 Å². The molecule has 1 aromatic heterocycles. The second kappa shape index (κ2) is 4.35. The SMILES string of the molecule is CCOc1cc(-c2nnc(C)o2)ccc1C. The lowest BCUT2D eigenvalue weighted by Crippen LogP contribution is -1.94. The van der Waals surface area contributed by atoms with Gasteiger partial charge < -0.3 is 9.15 Å². The summed E-state index contributed by atoms with van der Waals surface area (Å²) in [6.45, 7) is 6.39. The molecule has 0 radical (unpaired) electrons. The van der Waals surface area contributed by atoms with Crippen molar-refractivity contribution in [2.45, 2.75) is 20.8 Å². The van der Waals surface area contributed by atoms with Crippen LogP contribution < -0.4 is 4.74 Å². The van der Waals surface area contributed by atoms with Gasteiger partial charge in [0.25, 0.3) is 0 Å². The van der Waals surface area contributed by atoms with Gasteiger partial charge in [-0.1, -0.05) is 6.07 Å². The average molecular weight is 218 g/mol. The van der Waals surface area contributed by atoms with E-state index in [2.05, 4.69) is 10.2 Å². The standard InChI is InChI=1S/C12H14N2O2/c1-4-15-11-7-10(6-5-8(11)2)12-14-13-9(3)16-12/h5-7H,4H2,1-3H3. The number of hydrogen-bond acceptors (Lipinski definition) is 4. The van der Waals surface area contributed by atoms with E-state index < -0.39 is 0 Å². The van der Waals surface area contributed by atoms with E-state index in [4.69, 9.17) is 9.15 Å². The first-order chi connectivity index (χ1) is 7.70. The Bertz CT molecular complexity index is 492. The van der Waals surface area contributed by atoms with Gasteiger partial charge in [0.2, 0.25) is 11.8 Å². The number of ether oxygens (including phenoxy) is 1. The van der Waals surface area contributed by atoms with Crippen LogP contribution in [-0.2, 0) is 0 Å². The molecule has 0 aliphatic carbocycles. The van der Waals surface area contributed by atoms with Gasteiger partial charge in [0.15, 0.2) is 0 Å². The summed E-state index contributed by atoms with van der Waals surface area (Å²) in [5.41, 5.74) is 1.98. The first kappa shape index (κ1) is 10.7. The molecular weight excluding hydrogens is 204 g/mol. The van der Waals surface area contributed by atoms with Crippen molar-refractivity contribution in [2.24, 2.45) is 0 Å². The summed E-state index contributed by atoms with van der Waals surface area (Å²) >= 11 is 0. The molecule has 0 atom stereocenters. The van der Waals surface area contributed by atoms with Crippen LogP contribution >= 0.6 is 0 Å². The summed E-state index contributed by atoms with van der Waals surface area (Å²) in [4.78, 5) is 0. The lowest BCUT2D eigenvalue weighted by molar-refractivity contribution is 0.338. The van der Waals surface area contributed by atoms with E-state index in [1.807, 2.05) is 32.0 Å². The Morgan fingerprint density at radius 2 is 2.06 bits per heavy atom. The quantitative estimate of drug-likeness (QED) is 0.794. The van der Waals surface area contributed by atoms with Crippen molar-refractivity contribution in [3.05, 3.63) is 29.7 Å². The summed E-state index contributed by atoms with van der Waals surface area (Å²) in [6, 6.07) is 5.86. The molecule has 4 heteroatoms. The Labute approximate surface area is 94.3 Å².